The van der Waals surface area contributed by atoms with Crippen LogP contribution in [0.5, 0.6) is 0 Å². The van der Waals surface area contributed by atoms with Crippen LogP contribution in [-0.4, -0.2) is 5.91 Å². The zero-order valence-corrected chi connectivity index (χ0v) is 12.2. The second-order valence-corrected chi connectivity index (χ2v) is 5.16. The van der Waals surface area contributed by atoms with Crippen LogP contribution in [0, 0.1) is 19.3 Å². The van der Waals surface area contributed by atoms with Crippen LogP contribution in [0.15, 0.2) is 36.4 Å². The standard InChI is InChI=1S/C16H11Cl2NO/c1-3-11-8-15(5-4-10(11)2)19-16(20)12-6-13(17)9-14(18)7-12/h1,4-9H,2H3,(H,19,20). The van der Waals surface area contributed by atoms with E-state index in [-0.39, 0.29) is 5.91 Å². The fourth-order valence-corrected chi connectivity index (χ4v) is 2.27. The summed E-state index contributed by atoms with van der Waals surface area (Å²) in [5.74, 6) is 2.28. The van der Waals surface area contributed by atoms with Gasteiger partial charge < -0.3 is 5.32 Å². The van der Waals surface area contributed by atoms with E-state index in [1.54, 1.807) is 30.3 Å². The lowest BCUT2D eigenvalue weighted by molar-refractivity contribution is 0.102. The smallest absolute Gasteiger partial charge is 0.255 e. The monoisotopic (exact) mass is 303 g/mol. The summed E-state index contributed by atoms with van der Waals surface area (Å²) in [6.45, 7) is 1.91. The first kappa shape index (κ1) is 14.5. The van der Waals surface area contributed by atoms with Crippen molar-refractivity contribution in [2.75, 3.05) is 5.32 Å². The molecule has 0 unspecified atom stereocenters. The number of hydrogen-bond donors (Lipinski definition) is 1. The van der Waals surface area contributed by atoms with E-state index in [4.69, 9.17) is 29.6 Å². The number of aryl methyl sites for hydroxylation is 1. The third kappa shape index (κ3) is 3.33. The molecule has 0 heterocycles. The molecule has 20 heavy (non-hydrogen) atoms. The van der Waals surface area contributed by atoms with Gasteiger partial charge in [0.1, 0.15) is 0 Å². The first-order valence-electron chi connectivity index (χ1n) is 5.84. The Morgan fingerprint density at radius 2 is 1.80 bits per heavy atom. The number of nitrogens with one attached hydrogen (secondary N) is 1. The van der Waals surface area contributed by atoms with Crippen molar-refractivity contribution in [3.63, 3.8) is 0 Å². The third-order valence-electron chi connectivity index (χ3n) is 2.78. The second-order valence-electron chi connectivity index (χ2n) is 4.29. The molecule has 0 saturated carbocycles. The number of hydrogen-bond acceptors (Lipinski definition) is 1. The summed E-state index contributed by atoms with van der Waals surface area (Å²) in [7, 11) is 0. The van der Waals surface area contributed by atoms with E-state index in [0.29, 0.717) is 21.3 Å². The molecule has 1 N–H and O–H groups in total. The molecule has 100 valence electrons. The van der Waals surface area contributed by atoms with Gasteiger partial charge in [0.2, 0.25) is 0 Å². The zero-order chi connectivity index (χ0) is 14.7. The number of terminal acetylenes is 1. The van der Waals surface area contributed by atoms with Crippen molar-refractivity contribution in [2.45, 2.75) is 6.92 Å². The van der Waals surface area contributed by atoms with Crippen molar-refractivity contribution in [1.29, 1.82) is 0 Å². The topological polar surface area (TPSA) is 29.1 Å². The third-order valence-corrected chi connectivity index (χ3v) is 3.21. The molecule has 0 aliphatic carbocycles. The number of amides is 1. The van der Waals surface area contributed by atoms with Gasteiger partial charge in [-0.1, -0.05) is 35.2 Å². The van der Waals surface area contributed by atoms with E-state index in [2.05, 4.69) is 11.2 Å². The van der Waals surface area contributed by atoms with Gasteiger partial charge >= 0.3 is 0 Å². The summed E-state index contributed by atoms with van der Waals surface area (Å²) in [6, 6.07) is 10.1. The van der Waals surface area contributed by atoms with Gasteiger partial charge in [-0.2, -0.15) is 0 Å². The molecule has 0 aliphatic rings. The molecule has 0 bridgehead atoms. The van der Waals surface area contributed by atoms with Crippen LogP contribution in [0.4, 0.5) is 5.69 Å². The summed E-state index contributed by atoms with van der Waals surface area (Å²) in [5, 5.41) is 3.59. The number of benzene rings is 2. The summed E-state index contributed by atoms with van der Waals surface area (Å²) < 4.78 is 0. The Labute approximate surface area is 127 Å². The molecule has 0 fully saturated rings. The second kappa shape index (κ2) is 6.00. The highest BCUT2D eigenvalue weighted by Crippen LogP contribution is 2.21. The highest BCUT2D eigenvalue weighted by Gasteiger charge is 2.09. The summed E-state index contributed by atoms with van der Waals surface area (Å²) >= 11 is 11.7. The molecule has 0 aliphatic heterocycles. The Bertz CT molecular complexity index is 697. The van der Waals surface area contributed by atoms with Crippen molar-refractivity contribution < 1.29 is 4.79 Å². The highest BCUT2D eigenvalue weighted by molar-refractivity contribution is 6.35. The number of rotatable bonds is 2. The van der Waals surface area contributed by atoms with Gasteiger partial charge in [-0.15, -0.1) is 6.42 Å². The Morgan fingerprint density at radius 1 is 1.15 bits per heavy atom. The number of carbonyl (C=O) groups is 1. The Balaban J connectivity index is 2.26. The minimum Gasteiger partial charge on any atom is -0.322 e. The maximum atomic E-state index is 12.1. The van der Waals surface area contributed by atoms with Crippen molar-refractivity contribution in [1.82, 2.24) is 0 Å². The van der Waals surface area contributed by atoms with Gasteiger partial charge in [-0.3, -0.25) is 4.79 Å². The molecule has 2 rings (SSSR count). The van der Waals surface area contributed by atoms with Crippen molar-refractivity contribution in [3.8, 4) is 12.3 Å². The van der Waals surface area contributed by atoms with E-state index < -0.39 is 0 Å². The lowest BCUT2D eigenvalue weighted by atomic mass is 10.1. The maximum Gasteiger partial charge on any atom is 0.255 e. The van der Waals surface area contributed by atoms with Crippen LogP contribution in [0.1, 0.15) is 21.5 Å². The number of anilines is 1. The summed E-state index contributed by atoms with van der Waals surface area (Å²) in [5.41, 5.74) is 2.75. The molecule has 2 aromatic carbocycles. The lowest BCUT2D eigenvalue weighted by Gasteiger charge is -2.08. The van der Waals surface area contributed by atoms with Crippen LogP contribution in [0.25, 0.3) is 0 Å². The molecule has 0 saturated heterocycles. The zero-order valence-electron chi connectivity index (χ0n) is 10.7. The maximum absolute atomic E-state index is 12.1. The van der Waals surface area contributed by atoms with Gasteiger partial charge in [0, 0.05) is 26.9 Å². The molecule has 1 amide bonds. The van der Waals surface area contributed by atoms with Crippen LogP contribution < -0.4 is 5.32 Å². The molecular weight excluding hydrogens is 293 g/mol. The van der Waals surface area contributed by atoms with Crippen molar-refractivity contribution >= 4 is 34.8 Å². The van der Waals surface area contributed by atoms with E-state index in [1.165, 1.54) is 0 Å². The Hall–Kier alpha value is -1.95. The first-order valence-corrected chi connectivity index (χ1v) is 6.60. The quantitative estimate of drug-likeness (QED) is 0.811. The normalized spacial score (nSPS) is 9.90. The molecule has 2 nitrogen and oxygen atoms in total. The molecule has 0 aromatic heterocycles. The molecule has 0 spiro atoms. The van der Waals surface area contributed by atoms with Gasteiger partial charge in [-0.05, 0) is 42.8 Å². The van der Waals surface area contributed by atoms with Crippen molar-refractivity contribution in [2.24, 2.45) is 0 Å². The minimum absolute atomic E-state index is 0.291. The van der Waals surface area contributed by atoms with Crippen LogP contribution >= 0.6 is 23.2 Å². The van der Waals surface area contributed by atoms with Gasteiger partial charge in [0.25, 0.3) is 5.91 Å². The summed E-state index contributed by atoms with van der Waals surface area (Å²) in [4.78, 5) is 12.1. The molecule has 2 aromatic rings. The predicted octanol–water partition coefficient (Wildman–Crippen LogP) is 4.54. The molecule has 0 radical (unpaired) electrons. The van der Waals surface area contributed by atoms with Crippen molar-refractivity contribution in [3.05, 3.63) is 63.1 Å². The van der Waals surface area contributed by atoms with Crippen LogP contribution in [0.3, 0.4) is 0 Å². The largest absolute Gasteiger partial charge is 0.322 e. The van der Waals surface area contributed by atoms with E-state index >= 15 is 0 Å². The predicted molar refractivity (Wildman–Crippen MR) is 83.5 cm³/mol. The number of carbonyl (C=O) groups excluding carboxylic acids is 1. The Morgan fingerprint density at radius 3 is 2.40 bits per heavy atom. The van der Waals surface area contributed by atoms with E-state index in [9.17, 15) is 4.79 Å². The first-order chi connectivity index (χ1) is 9.49. The number of halogens is 2. The van der Waals surface area contributed by atoms with Crippen LogP contribution in [-0.2, 0) is 0 Å². The Kier molecular flexibility index (Phi) is 4.34. The SMILES string of the molecule is C#Cc1cc(NC(=O)c2cc(Cl)cc(Cl)c2)ccc1C. The van der Waals surface area contributed by atoms with Gasteiger partial charge in [-0.25, -0.2) is 0 Å². The van der Waals surface area contributed by atoms with E-state index in [1.807, 2.05) is 13.0 Å². The lowest BCUT2D eigenvalue weighted by Crippen LogP contribution is -2.12. The average Bonchev–Trinajstić information content (AvgIpc) is 2.39. The molecular formula is C16H11Cl2NO. The van der Waals surface area contributed by atoms with Crippen LogP contribution in [0.2, 0.25) is 10.0 Å². The van der Waals surface area contributed by atoms with Gasteiger partial charge in [0.05, 0.1) is 0 Å². The molecule has 0 atom stereocenters. The van der Waals surface area contributed by atoms with E-state index in [0.717, 1.165) is 11.1 Å². The highest BCUT2D eigenvalue weighted by atomic mass is 35.5. The fourth-order valence-electron chi connectivity index (χ4n) is 1.74. The minimum atomic E-state index is -0.291. The average molecular weight is 304 g/mol. The molecule has 4 heteroatoms. The summed E-state index contributed by atoms with van der Waals surface area (Å²) in [6.07, 6.45) is 5.40. The van der Waals surface area contributed by atoms with Gasteiger partial charge in [0.15, 0.2) is 0 Å². The fraction of sp³-hybridized carbons (Fsp3) is 0.0625.